The van der Waals surface area contributed by atoms with Gasteiger partial charge in [-0.25, -0.2) is 0 Å². The molecular weight excluding hydrogens is 284 g/mol. The lowest BCUT2D eigenvalue weighted by atomic mass is 9.92. The highest BCUT2D eigenvalue weighted by Crippen LogP contribution is 2.34. The van der Waals surface area contributed by atoms with Crippen molar-refractivity contribution in [1.29, 1.82) is 0 Å². The highest BCUT2D eigenvalue weighted by molar-refractivity contribution is 5.98. The van der Waals surface area contributed by atoms with Crippen molar-refractivity contribution in [2.24, 2.45) is 12.8 Å². The number of fused-ring (bicyclic) bond motifs is 1. The highest BCUT2D eigenvalue weighted by atomic mass is 16.1. The second-order valence-corrected chi connectivity index (χ2v) is 6.26. The molecule has 0 radical (unpaired) electrons. The smallest absolute Gasteiger partial charge is 0.258 e. The van der Waals surface area contributed by atoms with Gasteiger partial charge in [-0.2, -0.15) is 0 Å². The maximum atomic E-state index is 12.8. The van der Waals surface area contributed by atoms with Crippen molar-refractivity contribution < 1.29 is 0 Å². The van der Waals surface area contributed by atoms with Crippen LogP contribution in [0.15, 0.2) is 47.3 Å². The van der Waals surface area contributed by atoms with Gasteiger partial charge in [0.25, 0.3) is 5.56 Å². The normalized spacial score (nSPS) is 12.6. The van der Waals surface area contributed by atoms with Crippen LogP contribution in [0.25, 0.3) is 21.9 Å². The van der Waals surface area contributed by atoms with Crippen molar-refractivity contribution >= 4 is 10.8 Å². The highest BCUT2D eigenvalue weighted by Gasteiger charge is 2.19. The van der Waals surface area contributed by atoms with Crippen LogP contribution in [0.1, 0.15) is 29.8 Å². The minimum absolute atomic E-state index is 0.00933. The Morgan fingerprint density at radius 2 is 1.57 bits per heavy atom. The quantitative estimate of drug-likeness (QED) is 0.782. The Balaban J connectivity index is 2.58. The van der Waals surface area contributed by atoms with E-state index >= 15 is 0 Å². The number of benzene rings is 2. The first-order valence-electron chi connectivity index (χ1n) is 7.86. The summed E-state index contributed by atoms with van der Waals surface area (Å²) in [5.41, 5.74) is 11.6. The molecule has 2 N–H and O–H groups in total. The van der Waals surface area contributed by atoms with E-state index in [9.17, 15) is 4.79 Å². The molecule has 0 fully saturated rings. The molecule has 118 valence electrons. The zero-order chi connectivity index (χ0) is 16.7. The Morgan fingerprint density at radius 3 is 2.13 bits per heavy atom. The fourth-order valence-corrected chi connectivity index (χ4v) is 3.24. The average Bonchev–Trinajstić information content (AvgIpc) is 2.53. The van der Waals surface area contributed by atoms with Crippen molar-refractivity contribution in [2.75, 3.05) is 0 Å². The van der Waals surface area contributed by atoms with Crippen LogP contribution in [-0.4, -0.2) is 4.57 Å². The maximum absolute atomic E-state index is 12.8. The van der Waals surface area contributed by atoms with Crippen molar-refractivity contribution in [2.45, 2.75) is 26.8 Å². The molecule has 0 bridgehead atoms. The minimum atomic E-state index is -0.228. The van der Waals surface area contributed by atoms with Gasteiger partial charge in [-0.3, -0.25) is 4.79 Å². The molecule has 0 spiro atoms. The Morgan fingerprint density at radius 1 is 1.00 bits per heavy atom. The number of nitrogens with two attached hydrogens (primary N) is 1. The summed E-state index contributed by atoms with van der Waals surface area (Å²) in [6.45, 7) is 6.04. The fraction of sp³-hybridized carbons (Fsp3) is 0.250. The molecule has 0 aliphatic carbocycles. The van der Waals surface area contributed by atoms with Crippen molar-refractivity contribution in [3.63, 3.8) is 0 Å². The van der Waals surface area contributed by atoms with Crippen molar-refractivity contribution in [3.05, 3.63) is 69.6 Å². The first kappa shape index (κ1) is 15.5. The lowest BCUT2D eigenvalue weighted by Gasteiger charge is -2.21. The number of aryl methyl sites for hydroxylation is 2. The van der Waals surface area contributed by atoms with Crippen LogP contribution in [-0.2, 0) is 7.05 Å². The topological polar surface area (TPSA) is 48.0 Å². The van der Waals surface area contributed by atoms with Gasteiger partial charge in [0.05, 0.1) is 0 Å². The third-order valence-corrected chi connectivity index (χ3v) is 4.55. The number of rotatable bonds is 2. The van der Waals surface area contributed by atoms with Crippen LogP contribution in [0, 0.1) is 13.8 Å². The number of hydrogen-bond donors (Lipinski definition) is 1. The Bertz CT molecular complexity index is 937. The molecule has 2 aromatic carbocycles. The fourth-order valence-electron chi connectivity index (χ4n) is 3.24. The summed E-state index contributed by atoms with van der Waals surface area (Å²) in [7, 11) is 1.81. The second kappa shape index (κ2) is 5.67. The molecule has 0 saturated heterocycles. The van der Waals surface area contributed by atoms with Gasteiger partial charge in [0, 0.05) is 29.7 Å². The zero-order valence-electron chi connectivity index (χ0n) is 14.1. The van der Waals surface area contributed by atoms with E-state index in [1.165, 1.54) is 5.56 Å². The molecule has 0 aliphatic rings. The molecule has 1 atom stereocenters. The van der Waals surface area contributed by atoms with Gasteiger partial charge in [-0.15, -0.1) is 0 Å². The Hall–Kier alpha value is -2.39. The van der Waals surface area contributed by atoms with Gasteiger partial charge < -0.3 is 10.3 Å². The zero-order valence-corrected chi connectivity index (χ0v) is 14.1. The molecule has 3 aromatic rings. The van der Waals surface area contributed by atoms with Crippen LogP contribution >= 0.6 is 0 Å². The van der Waals surface area contributed by atoms with Gasteiger partial charge in [0.15, 0.2) is 0 Å². The molecule has 1 heterocycles. The summed E-state index contributed by atoms with van der Waals surface area (Å²) in [5.74, 6) is 0. The molecular formula is C20H22N2O. The van der Waals surface area contributed by atoms with Gasteiger partial charge in [0.1, 0.15) is 0 Å². The van der Waals surface area contributed by atoms with Gasteiger partial charge in [-0.05, 0) is 48.9 Å². The average molecular weight is 306 g/mol. The first-order chi connectivity index (χ1) is 10.9. The molecule has 1 unspecified atom stereocenters. The molecule has 23 heavy (non-hydrogen) atoms. The number of pyridine rings is 1. The number of aromatic nitrogens is 1. The summed E-state index contributed by atoms with van der Waals surface area (Å²) in [5, 5.41) is 1.73. The molecule has 1 aromatic heterocycles. The van der Waals surface area contributed by atoms with Crippen molar-refractivity contribution in [1.82, 2.24) is 4.57 Å². The molecule has 3 heteroatoms. The van der Waals surface area contributed by atoms with Crippen LogP contribution in [0.5, 0.6) is 0 Å². The molecule has 3 nitrogen and oxygen atoms in total. The first-order valence-corrected chi connectivity index (χ1v) is 7.86. The van der Waals surface area contributed by atoms with E-state index in [2.05, 4.69) is 25.1 Å². The van der Waals surface area contributed by atoms with Crippen LogP contribution in [0.2, 0.25) is 0 Å². The summed E-state index contributed by atoms with van der Waals surface area (Å²) in [6.07, 6.45) is 0. The third kappa shape index (κ3) is 2.47. The Labute approximate surface area is 136 Å². The standard InChI is InChI=1S/C20H22N2O/c1-12-10-16-17(11-13(12)2)20(23)22(4)19(14(3)21)18(16)15-8-6-5-7-9-15/h5-11,14H,21H2,1-4H3. The molecule has 0 aliphatic heterocycles. The van der Waals surface area contributed by atoms with Crippen LogP contribution < -0.4 is 11.3 Å². The lowest BCUT2D eigenvalue weighted by molar-refractivity contribution is 0.694. The lowest BCUT2D eigenvalue weighted by Crippen LogP contribution is -2.26. The monoisotopic (exact) mass is 306 g/mol. The van der Waals surface area contributed by atoms with E-state index in [0.29, 0.717) is 0 Å². The van der Waals surface area contributed by atoms with E-state index in [-0.39, 0.29) is 11.6 Å². The summed E-state index contributed by atoms with van der Waals surface area (Å²) < 4.78 is 1.70. The second-order valence-electron chi connectivity index (χ2n) is 6.26. The van der Waals surface area contributed by atoms with E-state index in [4.69, 9.17) is 5.73 Å². The molecule has 0 saturated carbocycles. The van der Waals surface area contributed by atoms with E-state index in [1.54, 1.807) is 4.57 Å². The summed E-state index contributed by atoms with van der Waals surface area (Å²) in [4.78, 5) is 12.8. The van der Waals surface area contributed by atoms with E-state index in [1.807, 2.05) is 45.2 Å². The number of hydrogen-bond acceptors (Lipinski definition) is 2. The maximum Gasteiger partial charge on any atom is 0.258 e. The van der Waals surface area contributed by atoms with Gasteiger partial charge >= 0.3 is 0 Å². The minimum Gasteiger partial charge on any atom is -0.323 e. The predicted octanol–water partition coefficient (Wildman–Crippen LogP) is 3.84. The van der Waals surface area contributed by atoms with E-state index in [0.717, 1.165) is 33.2 Å². The van der Waals surface area contributed by atoms with Crippen LogP contribution in [0.4, 0.5) is 0 Å². The molecule has 0 amide bonds. The summed E-state index contributed by atoms with van der Waals surface area (Å²) >= 11 is 0. The largest absolute Gasteiger partial charge is 0.323 e. The SMILES string of the molecule is Cc1cc2c(-c3ccccc3)c(C(C)N)n(C)c(=O)c2cc1C. The van der Waals surface area contributed by atoms with E-state index < -0.39 is 0 Å². The van der Waals surface area contributed by atoms with Crippen molar-refractivity contribution in [3.8, 4) is 11.1 Å². The molecule has 3 rings (SSSR count). The van der Waals surface area contributed by atoms with Gasteiger partial charge in [-0.1, -0.05) is 36.4 Å². The Kier molecular flexibility index (Phi) is 3.82. The predicted molar refractivity (Wildman–Crippen MR) is 96.7 cm³/mol. The number of nitrogens with zero attached hydrogens (tertiary/aromatic N) is 1. The van der Waals surface area contributed by atoms with Crippen LogP contribution in [0.3, 0.4) is 0 Å². The van der Waals surface area contributed by atoms with Gasteiger partial charge in [0.2, 0.25) is 0 Å². The third-order valence-electron chi connectivity index (χ3n) is 4.55. The summed E-state index contributed by atoms with van der Waals surface area (Å²) in [6, 6.07) is 14.0.